The molecule has 0 fully saturated rings. The first-order chi connectivity index (χ1) is 9.86. The van der Waals surface area contributed by atoms with Crippen molar-refractivity contribution in [2.45, 2.75) is 31.9 Å². The number of nitrogens with two attached hydrogens (primary N) is 1. The monoisotopic (exact) mass is 341 g/mol. The van der Waals surface area contributed by atoms with Crippen molar-refractivity contribution in [3.63, 3.8) is 0 Å². The van der Waals surface area contributed by atoms with E-state index < -0.39 is 22.4 Å². The Morgan fingerprint density at radius 2 is 1.82 bits per heavy atom. The van der Waals surface area contributed by atoms with Crippen molar-refractivity contribution in [2.24, 2.45) is 5.73 Å². The van der Waals surface area contributed by atoms with Crippen molar-refractivity contribution in [2.75, 3.05) is 18.4 Å². The number of benzene rings is 1. The molecule has 5 nitrogen and oxygen atoms in total. The molecule has 0 bridgehead atoms. The van der Waals surface area contributed by atoms with Crippen molar-refractivity contribution in [3.05, 3.63) is 33.9 Å². The molecule has 0 aliphatic rings. The van der Waals surface area contributed by atoms with Crippen molar-refractivity contribution in [3.8, 4) is 0 Å². The average Bonchev–Trinajstić information content (AvgIpc) is 2.41. The molecular formula is C13H19ClF3N3O2. The molecule has 0 amide bonds. The van der Waals surface area contributed by atoms with Gasteiger partial charge in [0.1, 0.15) is 5.69 Å². The molecule has 0 aliphatic heterocycles. The first-order valence-corrected chi connectivity index (χ1v) is 6.66. The summed E-state index contributed by atoms with van der Waals surface area (Å²) in [5.74, 6) is 0. The summed E-state index contributed by atoms with van der Waals surface area (Å²) in [5.41, 5.74) is 3.87. The van der Waals surface area contributed by atoms with Crippen LogP contribution >= 0.6 is 12.4 Å². The summed E-state index contributed by atoms with van der Waals surface area (Å²) < 4.78 is 37.6. The van der Waals surface area contributed by atoms with Crippen LogP contribution < -0.4 is 11.1 Å². The normalized spacial score (nSPS) is 10.9. The van der Waals surface area contributed by atoms with Gasteiger partial charge in [-0.05, 0) is 31.5 Å². The number of nitrogens with one attached hydrogen (secondary N) is 1. The minimum absolute atomic E-state index is 0. The van der Waals surface area contributed by atoms with Crippen LogP contribution in [0.3, 0.4) is 0 Å². The van der Waals surface area contributed by atoms with Gasteiger partial charge >= 0.3 is 6.18 Å². The number of alkyl halides is 3. The van der Waals surface area contributed by atoms with Gasteiger partial charge in [0.25, 0.3) is 5.69 Å². The van der Waals surface area contributed by atoms with Crippen LogP contribution in [-0.2, 0) is 6.18 Å². The van der Waals surface area contributed by atoms with E-state index in [1.54, 1.807) is 0 Å². The highest BCUT2D eigenvalue weighted by Crippen LogP contribution is 2.34. The molecule has 0 heterocycles. The van der Waals surface area contributed by atoms with E-state index in [-0.39, 0.29) is 18.1 Å². The van der Waals surface area contributed by atoms with Crippen LogP contribution in [0.5, 0.6) is 0 Å². The predicted octanol–water partition coefficient (Wildman–Crippen LogP) is 3.97. The molecule has 1 rings (SSSR count). The predicted molar refractivity (Wildman–Crippen MR) is 81.4 cm³/mol. The topological polar surface area (TPSA) is 81.2 Å². The average molecular weight is 342 g/mol. The van der Waals surface area contributed by atoms with E-state index in [9.17, 15) is 23.3 Å². The number of nitrogens with zero attached hydrogens (tertiary/aromatic N) is 1. The number of hydrogen-bond acceptors (Lipinski definition) is 4. The molecule has 3 N–H and O–H groups in total. The number of nitro groups is 1. The molecule has 0 unspecified atom stereocenters. The first-order valence-electron chi connectivity index (χ1n) is 6.66. The van der Waals surface area contributed by atoms with Crippen LogP contribution in [0.1, 0.15) is 31.2 Å². The number of halogens is 4. The molecule has 0 aliphatic carbocycles. The van der Waals surface area contributed by atoms with E-state index in [4.69, 9.17) is 5.73 Å². The molecular weight excluding hydrogens is 323 g/mol. The summed E-state index contributed by atoms with van der Waals surface area (Å²) in [6.45, 7) is 1.09. The number of unbranched alkanes of at least 4 members (excludes halogenated alkanes) is 3. The van der Waals surface area contributed by atoms with Gasteiger partial charge in [-0.3, -0.25) is 10.1 Å². The lowest BCUT2D eigenvalue weighted by molar-refractivity contribution is -0.384. The van der Waals surface area contributed by atoms with Crippen LogP contribution in [0.15, 0.2) is 18.2 Å². The van der Waals surface area contributed by atoms with Crippen molar-refractivity contribution < 1.29 is 18.1 Å². The third-order valence-corrected chi connectivity index (χ3v) is 2.97. The summed E-state index contributed by atoms with van der Waals surface area (Å²) >= 11 is 0. The Balaban J connectivity index is 0.00000441. The molecule has 0 saturated heterocycles. The summed E-state index contributed by atoms with van der Waals surface area (Å²) in [4.78, 5) is 10.0. The van der Waals surface area contributed by atoms with Gasteiger partial charge in [-0.25, -0.2) is 0 Å². The molecule has 22 heavy (non-hydrogen) atoms. The second kappa shape index (κ2) is 9.47. The Bertz CT molecular complexity index is 484. The van der Waals surface area contributed by atoms with Gasteiger partial charge in [0.05, 0.1) is 10.5 Å². The lowest BCUT2D eigenvalue weighted by Gasteiger charge is -2.10. The zero-order valence-corrected chi connectivity index (χ0v) is 12.7. The largest absolute Gasteiger partial charge is 0.416 e. The minimum atomic E-state index is -4.59. The van der Waals surface area contributed by atoms with E-state index in [0.717, 1.165) is 37.8 Å². The second-order valence-corrected chi connectivity index (χ2v) is 4.62. The third-order valence-electron chi connectivity index (χ3n) is 2.97. The van der Waals surface area contributed by atoms with Crippen LogP contribution in [0.2, 0.25) is 0 Å². The van der Waals surface area contributed by atoms with Crippen LogP contribution in [0.4, 0.5) is 24.5 Å². The van der Waals surface area contributed by atoms with Crippen molar-refractivity contribution >= 4 is 23.8 Å². The van der Waals surface area contributed by atoms with Gasteiger partial charge in [0.15, 0.2) is 0 Å². The Morgan fingerprint density at radius 1 is 1.18 bits per heavy atom. The molecule has 0 saturated carbocycles. The molecule has 0 aromatic heterocycles. The highest BCUT2D eigenvalue weighted by Gasteiger charge is 2.32. The van der Waals surface area contributed by atoms with Crippen LogP contribution in [0.25, 0.3) is 0 Å². The molecule has 1 aromatic carbocycles. The summed E-state index contributed by atoms with van der Waals surface area (Å²) in [5, 5.41) is 13.7. The number of hydrogen-bond donors (Lipinski definition) is 2. The second-order valence-electron chi connectivity index (χ2n) is 4.62. The maximum atomic E-state index is 12.5. The number of rotatable bonds is 8. The number of nitro benzene ring substituents is 1. The molecule has 0 atom stereocenters. The summed E-state index contributed by atoms with van der Waals surface area (Å²) in [6.07, 6.45) is -1.02. The first kappa shape index (κ1) is 20.5. The third kappa shape index (κ3) is 6.48. The molecule has 0 spiro atoms. The molecule has 126 valence electrons. The Hall–Kier alpha value is -1.54. The van der Waals surface area contributed by atoms with E-state index in [2.05, 4.69) is 5.32 Å². The smallest absolute Gasteiger partial charge is 0.379 e. The lowest BCUT2D eigenvalue weighted by atomic mass is 10.1. The van der Waals surface area contributed by atoms with Crippen molar-refractivity contribution in [1.29, 1.82) is 0 Å². The Kier molecular flexibility index (Phi) is 8.81. The highest BCUT2D eigenvalue weighted by atomic mass is 35.5. The van der Waals surface area contributed by atoms with Crippen LogP contribution in [-0.4, -0.2) is 18.0 Å². The zero-order valence-electron chi connectivity index (χ0n) is 11.9. The molecule has 1 aromatic rings. The zero-order chi connectivity index (χ0) is 15.9. The quantitative estimate of drug-likeness (QED) is 0.426. The van der Waals surface area contributed by atoms with Crippen LogP contribution in [0, 0.1) is 10.1 Å². The summed E-state index contributed by atoms with van der Waals surface area (Å²) in [6, 6.07) is 2.49. The van der Waals surface area contributed by atoms with Gasteiger partial charge in [-0.2, -0.15) is 13.2 Å². The Morgan fingerprint density at radius 3 is 2.36 bits per heavy atom. The standard InChI is InChI=1S/C13H18F3N3O2.ClH/c14-13(15,16)10-5-6-11(12(9-10)19(20)21)18-8-4-2-1-3-7-17;/h5-6,9,18H,1-4,7-8,17H2;1H. The van der Waals surface area contributed by atoms with E-state index in [0.29, 0.717) is 19.2 Å². The Labute approximate surface area is 132 Å². The van der Waals surface area contributed by atoms with Gasteiger partial charge in [0, 0.05) is 12.6 Å². The fraction of sp³-hybridized carbons (Fsp3) is 0.538. The van der Waals surface area contributed by atoms with Gasteiger partial charge < -0.3 is 11.1 Å². The van der Waals surface area contributed by atoms with E-state index in [1.165, 1.54) is 0 Å². The van der Waals surface area contributed by atoms with Gasteiger partial charge in [0.2, 0.25) is 0 Å². The van der Waals surface area contributed by atoms with E-state index in [1.807, 2.05) is 0 Å². The van der Waals surface area contributed by atoms with E-state index >= 15 is 0 Å². The summed E-state index contributed by atoms with van der Waals surface area (Å²) in [7, 11) is 0. The highest BCUT2D eigenvalue weighted by molar-refractivity contribution is 5.85. The fourth-order valence-corrected chi connectivity index (χ4v) is 1.85. The molecule has 0 radical (unpaired) electrons. The minimum Gasteiger partial charge on any atom is -0.379 e. The maximum absolute atomic E-state index is 12.5. The maximum Gasteiger partial charge on any atom is 0.416 e. The fourth-order valence-electron chi connectivity index (χ4n) is 1.85. The number of anilines is 1. The SMILES string of the molecule is Cl.NCCCCCCNc1ccc(C(F)(F)F)cc1[N+](=O)[O-]. The van der Waals surface area contributed by atoms with Gasteiger partial charge in [-0.15, -0.1) is 12.4 Å². The van der Waals surface area contributed by atoms with Gasteiger partial charge in [-0.1, -0.05) is 12.8 Å². The molecule has 9 heteroatoms. The lowest BCUT2D eigenvalue weighted by Crippen LogP contribution is -2.09. The van der Waals surface area contributed by atoms with Crippen molar-refractivity contribution in [1.82, 2.24) is 0 Å².